The minimum Gasteiger partial charge on any atom is -0.497 e. The lowest BCUT2D eigenvalue weighted by atomic mass is 10.1. The van der Waals surface area contributed by atoms with Crippen molar-refractivity contribution in [3.63, 3.8) is 0 Å². The van der Waals surface area contributed by atoms with Crippen LogP contribution in [-0.2, 0) is 21.2 Å². The molecule has 0 atom stereocenters. The Hall–Kier alpha value is -2.94. The van der Waals surface area contributed by atoms with Crippen molar-refractivity contribution < 1.29 is 22.7 Å². The van der Waals surface area contributed by atoms with Gasteiger partial charge in [0.1, 0.15) is 17.3 Å². The molecule has 1 amide bonds. The molecule has 1 aliphatic rings. The number of carbonyl (C=O) groups excluding carboxylic acids is 1. The molecule has 0 bridgehead atoms. The predicted molar refractivity (Wildman–Crippen MR) is 126 cm³/mol. The van der Waals surface area contributed by atoms with E-state index in [1.165, 1.54) is 19.3 Å². The largest absolute Gasteiger partial charge is 0.497 e. The molecule has 0 aliphatic carbocycles. The van der Waals surface area contributed by atoms with E-state index in [9.17, 15) is 13.2 Å². The van der Waals surface area contributed by atoms with E-state index >= 15 is 0 Å². The first kappa shape index (κ1) is 23.7. The molecule has 9 heteroatoms. The summed E-state index contributed by atoms with van der Waals surface area (Å²) < 4.78 is 37.8. The fraction of sp³-hybridized carbons (Fsp3) is 0.435. The van der Waals surface area contributed by atoms with Crippen LogP contribution in [-0.4, -0.2) is 53.9 Å². The van der Waals surface area contributed by atoms with Crippen molar-refractivity contribution in [2.75, 3.05) is 49.2 Å². The third kappa shape index (κ3) is 6.78. The number of hydrogen-bond donors (Lipinski definition) is 2. The first-order chi connectivity index (χ1) is 15.4. The van der Waals surface area contributed by atoms with Crippen LogP contribution in [0.2, 0.25) is 0 Å². The van der Waals surface area contributed by atoms with E-state index in [0.717, 1.165) is 24.3 Å². The Kier molecular flexibility index (Phi) is 8.21. The molecule has 0 spiro atoms. The van der Waals surface area contributed by atoms with Gasteiger partial charge in [-0.25, -0.2) is 8.42 Å². The molecule has 2 N–H and O–H groups in total. The Morgan fingerprint density at radius 2 is 1.72 bits per heavy atom. The summed E-state index contributed by atoms with van der Waals surface area (Å²) in [5, 5.41) is 2.65. The van der Waals surface area contributed by atoms with Gasteiger partial charge in [0.2, 0.25) is 15.9 Å². The van der Waals surface area contributed by atoms with Crippen LogP contribution in [0, 0.1) is 0 Å². The van der Waals surface area contributed by atoms with Gasteiger partial charge in [-0.2, -0.15) is 0 Å². The van der Waals surface area contributed by atoms with E-state index < -0.39 is 21.7 Å². The Balaban J connectivity index is 1.49. The highest BCUT2D eigenvalue weighted by Crippen LogP contribution is 2.24. The molecule has 8 nitrogen and oxygen atoms in total. The van der Waals surface area contributed by atoms with Crippen LogP contribution < -0.4 is 24.4 Å². The van der Waals surface area contributed by atoms with Crippen LogP contribution in [0.25, 0.3) is 0 Å². The van der Waals surface area contributed by atoms with Gasteiger partial charge >= 0.3 is 0 Å². The van der Waals surface area contributed by atoms with E-state index in [-0.39, 0.29) is 6.54 Å². The van der Waals surface area contributed by atoms with Crippen LogP contribution in [0.1, 0.15) is 24.8 Å². The molecular weight excluding hydrogens is 430 g/mol. The number of nitrogens with zero attached hydrogens (tertiary/aromatic N) is 1. The number of carbonyl (C=O) groups is 1. The quantitative estimate of drug-likeness (QED) is 0.565. The van der Waals surface area contributed by atoms with Crippen LogP contribution in [0.4, 0.5) is 11.4 Å². The predicted octanol–water partition coefficient (Wildman–Crippen LogP) is 2.79. The highest BCUT2D eigenvalue weighted by Gasteiger charge is 2.17. The average molecular weight is 462 g/mol. The monoisotopic (exact) mass is 461 g/mol. The summed E-state index contributed by atoms with van der Waals surface area (Å²) in [7, 11) is -0.664. The topological polar surface area (TPSA) is 97.0 Å². The number of ether oxygens (including phenoxy) is 2. The van der Waals surface area contributed by atoms with Gasteiger partial charge < -0.3 is 19.7 Å². The summed E-state index contributed by atoms with van der Waals surface area (Å²) in [6, 6.07) is 12.7. The molecule has 32 heavy (non-hydrogen) atoms. The fourth-order valence-electron chi connectivity index (χ4n) is 3.75. The smallest absolute Gasteiger partial charge is 0.241 e. The van der Waals surface area contributed by atoms with Crippen LogP contribution in [0.5, 0.6) is 11.5 Å². The number of sulfonamides is 1. The van der Waals surface area contributed by atoms with Gasteiger partial charge in [0.05, 0.1) is 14.2 Å². The van der Waals surface area contributed by atoms with Crippen molar-refractivity contribution in [2.24, 2.45) is 0 Å². The van der Waals surface area contributed by atoms with Crippen molar-refractivity contribution in [3.8, 4) is 11.5 Å². The van der Waals surface area contributed by atoms with Crippen molar-refractivity contribution in [3.05, 3.63) is 48.0 Å². The van der Waals surface area contributed by atoms with Gasteiger partial charge in [0, 0.05) is 31.0 Å². The molecule has 1 saturated heterocycles. The van der Waals surface area contributed by atoms with Gasteiger partial charge in [-0.3, -0.25) is 9.52 Å². The van der Waals surface area contributed by atoms with E-state index in [1.54, 1.807) is 38.5 Å². The van der Waals surface area contributed by atoms with E-state index in [4.69, 9.17) is 9.47 Å². The molecule has 3 rings (SSSR count). The minimum atomic E-state index is -3.81. The zero-order valence-corrected chi connectivity index (χ0v) is 19.4. The number of methoxy groups -OCH3 is 2. The summed E-state index contributed by atoms with van der Waals surface area (Å²) in [5.41, 5.74) is 2.39. The first-order valence-electron chi connectivity index (χ1n) is 10.7. The van der Waals surface area contributed by atoms with Crippen LogP contribution >= 0.6 is 0 Å². The highest BCUT2D eigenvalue weighted by atomic mass is 32.2. The normalized spacial score (nSPS) is 14.0. The number of amides is 1. The number of rotatable bonds is 10. The molecule has 2 aromatic carbocycles. The zero-order chi connectivity index (χ0) is 23.0. The Labute approximate surface area is 190 Å². The SMILES string of the molecule is COc1ccc(OC)c(CCNC(=O)CS(=O)(=O)Nc2ccc(N3CCCCC3)cc2)c1. The van der Waals surface area contributed by atoms with E-state index in [0.29, 0.717) is 23.6 Å². The van der Waals surface area contributed by atoms with E-state index in [1.807, 2.05) is 18.2 Å². The Morgan fingerprint density at radius 1 is 1.00 bits per heavy atom. The Morgan fingerprint density at radius 3 is 2.38 bits per heavy atom. The maximum absolute atomic E-state index is 12.4. The number of benzene rings is 2. The standard InChI is InChI=1S/C23H31N3O5S/c1-30-21-10-11-22(31-2)18(16-21)12-13-24-23(27)17-32(28,29)25-19-6-8-20(9-7-19)26-14-4-3-5-15-26/h6-11,16,25H,3-5,12-15,17H2,1-2H3,(H,24,27). The number of anilines is 2. The molecule has 1 heterocycles. The number of hydrogen-bond acceptors (Lipinski definition) is 6. The molecular formula is C23H31N3O5S. The summed E-state index contributed by atoms with van der Waals surface area (Å²) in [6.45, 7) is 2.32. The van der Waals surface area contributed by atoms with Gasteiger partial charge in [-0.1, -0.05) is 0 Å². The van der Waals surface area contributed by atoms with Gasteiger partial charge in [-0.15, -0.1) is 0 Å². The third-order valence-corrected chi connectivity index (χ3v) is 6.58. The van der Waals surface area contributed by atoms with Crippen molar-refractivity contribution in [1.82, 2.24) is 5.32 Å². The van der Waals surface area contributed by atoms with E-state index in [2.05, 4.69) is 14.9 Å². The zero-order valence-electron chi connectivity index (χ0n) is 18.6. The summed E-state index contributed by atoms with van der Waals surface area (Å²) >= 11 is 0. The molecule has 2 aromatic rings. The lowest BCUT2D eigenvalue weighted by Gasteiger charge is -2.28. The van der Waals surface area contributed by atoms with Gasteiger partial charge in [-0.05, 0) is 73.7 Å². The van der Waals surface area contributed by atoms with Gasteiger partial charge in [0.15, 0.2) is 0 Å². The second kappa shape index (κ2) is 11.1. The summed E-state index contributed by atoms with van der Waals surface area (Å²) in [6.07, 6.45) is 4.09. The van der Waals surface area contributed by atoms with Crippen molar-refractivity contribution in [2.45, 2.75) is 25.7 Å². The first-order valence-corrected chi connectivity index (χ1v) is 12.4. The molecule has 1 aliphatic heterocycles. The minimum absolute atomic E-state index is 0.280. The van der Waals surface area contributed by atoms with Crippen molar-refractivity contribution >= 4 is 27.3 Å². The lowest BCUT2D eigenvalue weighted by Crippen LogP contribution is -2.34. The maximum atomic E-state index is 12.4. The fourth-order valence-corrected chi connectivity index (χ4v) is 4.76. The molecule has 0 aromatic heterocycles. The summed E-state index contributed by atoms with van der Waals surface area (Å²) in [4.78, 5) is 14.5. The molecule has 0 radical (unpaired) electrons. The van der Waals surface area contributed by atoms with Crippen LogP contribution in [0.3, 0.4) is 0 Å². The third-order valence-electron chi connectivity index (χ3n) is 5.39. The second-order valence-corrected chi connectivity index (χ2v) is 9.46. The average Bonchev–Trinajstić information content (AvgIpc) is 2.79. The molecule has 0 saturated carbocycles. The van der Waals surface area contributed by atoms with Gasteiger partial charge in [0.25, 0.3) is 0 Å². The summed E-state index contributed by atoms with van der Waals surface area (Å²) in [5.74, 6) is 0.160. The highest BCUT2D eigenvalue weighted by molar-refractivity contribution is 7.93. The van der Waals surface area contributed by atoms with Crippen LogP contribution in [0.15, 0.2) is 42.5 Å². The second-order valence-electron chi connectivity index (χ2n) is 7.73. The maximum Gasteiger partial charge on any atom is 0.241 e. The lowest BCUT2D eigenvalue weighted by molar-refractivity contribution is -0.118. The molecule has 0 unspecified atom stereocenters. The molecule has 1 fully saturated rings. The number of piperidine rings is 1. The number of nitrogens with one attached hydrogen (secondary N) is 2. The molecule has 174 valence electrons. The van der Waals surface area contributed by atoms with Crippen molar-refractivity contribution in [1.29, 1.82) is 0 Å². The Bertz CT molecular complexity index is 1000.